The second-order valence-electron chi connectivity index (χ2n) is 6.71. The van der Waals surface area contributed by atoms with Crippen LogP contribution in [0.25, 0.3) is 6.08 Å². The maximum Gasteiger partial charge on any atom is 0.331 e. The molecule has 7 nitrogen and oxygen atoms in total. The van der Waals surface area contributed by atoms with Crippen molar-refractivity contribution in [1.82, 2.24) is 10.6 Å². The topological polar surface area (TPSA) is 93.7 Å². The highest BCUT2D eigenvalue weighted by atomic mass is 16.5. The fourth-order valence-corrected chi connectivity index (χ4v) is 2.96. The Kier molecular flexibility index (Phi) is 8.52. The van der Waals surface area contributed by atoms with Crippen molar-refractivity contribution in [2.75, 3.05) is 6.61 Å². The minimum Gasteiger partial charge on any atom is -0.494 e. The molecule has 2 rings (SSSR count). The molecule has 2 N–H and O–H groups in total. The third-order valence-corrected chi connectivity index (χ3v) is 4.44. The van der Waals surface area contributed by atoms with Gasteiger partial charge < -0.3 is 14.8 Å². The molecule has 0 heterocycles. The summed E-state index contributed by atoms with van der Waals surface area (Å²) >= 11 is 0. The fourth-order valence-electron chi connectivity index (χ4n) is 2.96. The van der Waals surface area contributed by atoms with Gasteiger partial charge in [0, 0.05) is 12.1 Å². The van der Waals surface area contributed by atoms with E-state index >= 15 is 0 Å². The molecule has 1 aliphatic carbocycles. The highest BCUT2D eigenvalue weighted by Crippen LogP contribution is 2.17. The van der Waals surface area contributed by atoms with Crippen molar-refractivity contribution in [1.29, 1.82) is 0 Å². The third kappa shape index (κ3) is 7.42. The molecule has 28 heavy (non-hydrogen) atoms. The van der Waals surface area contributed by atoms with Crippen LogP contribution in [0.1, 0.15) is 51.5 Å². The number of amides is 3. The van der Waals surface area contributed by atoms with Crippen LogP contribution in [0.2, 0.25) is 0 Å². The predicted molar refractivity (Wildman–Crippen MR) is 106 cm³/mol. The Morgan fingerprint density at radius 1 is 1.14 bits per heavy atom. The van der Waals surface area contributed by atoms with Gasteiger partial charge in [0.15, 0.2) is 6.10 Å². The number of carbonyl (C=O) groups is 3. The van der Waals surface area contributed by atoms with E-state index in [-0.39, 0.29) is 6.04 Å². The zero-order valence-corrected chi connectivity index (χ0v) is 16.4. The number of benzene rings is 1. The predicted octanol–water partition coefficient (Wildman–Crippen LogP) is 3.19. The molecule has 152 valence electrons. The van der Waals surface area contributed by atoms with Crippen LogP contribution in [0.5, 0.6) is 5.75 Å². The number of rotatable bonds is 7. The van der Waals surface area contributed by atoms with E-state index in [1.807, 2.05) is 6.92 Å². The van der Waals surface area contributed by atoms with E-state index < -0.39 is 24.0 Å². The van der Waals surface area contributed by atoms with E-state index in [9.17, 15) is 14.4 Å². The van der Waals surface area contributed by atoms with Crippen LogP contribution in [-0.4, -0.2) is 36.7 Å². The Hall–Kier alpha value is -2.83. The van der Waals surface area contributed by atoms with Crippen LogP contribution in [0.15, 0.2) is 30.3 Å². The lowest BCUT2D eigenvalue weighted by atomic mass is 9.96. The molecule has 0 saturated heterocycles. The van der Waals surface area contributed by atoms with E-state index in [0.29, 0.717) is 6.61 Å². The molecule has 1 aliphatic rings. The zero-order chi connectivity index (χ0) is 20.4. The van der Waals surface area contributed by atoms with E-state index in [0.717, 1.165) is 37.0 Å². The second kappa shape index (κ2) is 11.1. The molecule has 0 unspecified atom stereocenters. The third-order valence-electron chi connectivity index (χ3n) is 4.44. The molecule has 0 bridgehead atoms. The maximum absolute atomic E-state index is 12.0. The summed E-state index contributed by atoms with van der Waals surface area (Å²) in [6.07, 6.45) is 6.91. The van der Waals surface area contributed by atoms with Gasteiger partial charge in [-0.1, -0.05) is 31.4 Å². The van der Waals surface area contributed by atoms with Crippen molar-refractivity contribution >= 4 is 24.0 Å². The van der Waals surface area contributed by atoms with Crippen LogP contribution in [0.4, 0.5) is 4.79 Å². The molecule has 0 aliphatic heterocycles. The Bertz CT molecular complexity index is 693. The molecule has 0 aromatic heterocycles. The summed E-state index contributed by atoms with van der Waals surface area (Å²) in [6.45, 7) is 3.91. The van der Waals surface area contributed by atoms with Crippen molar-refractivity contribution in [2.45, 2.75) is 58.1 Å². The van der Waals surface area contributed by atoms with Gasteiger partial charge in [0.25, 0.3) is 5.91 Å². The summed E-state index contributed by atoms with van der Waals surface area (Å²) in [7, 11) is 0. The lowest BCUT2D eigenvalue weighted by Gasteiger charge is -2.23. The summed E-state index contributed by atoms with van der Waals surface area (Å²) in [5.41, 5.74) is 0.796. The molecule has 1 atom stereocenters. The van der Waals surface area contributed by atoms with Crippen LogP contribution in [0, 0.1) is 0 Å². The Labute approximate surface area is 165 Å². The highest BCUT2D eigenvalue weighted by molar-refractivity contribution is 5.98. The van der Waals surface area contributed by atoms with Gasteiger partial charge in [-0.05, 0) is 50.5 Å². The molecular formula is C21H28N2O5. The molecule has 1 aromatic rings. The number of esters is 1. The molecule has 7 heteroatoms. The van der Waals surface area contributed by atoms with Crippen molar-refractivity contribution in [3.8, 4) is 5.75 Å². The number of nitrogens with one attached hydrogen (secondary N) is 2. The van der Waals surface area contributed by atoms with Gasteiger partial charge in [-0.15, -0.1) is 0 Å². The number of urea groups is 1. The molecule has 1 saturated carbocycles. The molecule has 0 radical (unpaired) electrons. The first-order valence-corrected chi connectivity index (χ1v) is 9.71. The monoisotopic (exact) mass is 388 g/mol. The maximum atomic E-state index is 12.0. The largest absolute Gasteiger partial charge is 0.494 e. The molecule has 1 aromatic carbocycles. The lowest BCUT2D eigenvalue weighted by molar-refractivity contribution is -0.149. The average molecular weight is 388 g/mol. The first-order chi connectivity index (χ1) is 13.5. The minimum absolute atomic E-state index is 0.0939. The van der Waals surface area contributed by atoms with Gasteiger partial charge >= 0.3 is 12.0 Å². The Balaban J connectivity index is 1.75. The fraction of sp³-hybridized carbons (Fsp3) is 0.476. The average Bonchev–Trinajstić information content (AvgIpc) is 2.68. The summed E-state index contributed by atoms with van der Waals surface area (Å²) in [5, 5.41) is 5.00. The van der Waals surface area contributed by atoms with E-state index in [1.165, 1.54) is 19.4 Å². The van der Waals surface area contributed by atoms with E-state index in [1.54, 1.807) is 30.3 Å². The quantitative estimate of drug-likeness (QED) is 0.553. The van der Waals surface area contributed by atoms with Crippen LogP contribution in [0.3, 0.4) is 0 Å². The van der Waals surface area contributed by atoms with Gasteiger partial charge in [0.1, 0.15) is 5.75 Å². The summed E-state index contributed by atoms with van der Waals surface area (Å²) in [5.74, 6) is -0.570. The number of hydrogen-bond donors (Lipinski definition) is 2. The molecule has 0 spiro atoms. The summed E-state index contributed by atoms with van der Waals surface area (Å²) in [6, 6.07) is 6.76. The smallest absolute Gasteiger partial charge is 0.331 e. The number of ether oxygens (including phenoxy) is 2. The van der Waals surface area contributed by atoms with Crippen molar-refractivity contribution < 1.29 is 23.9 Å². The van der Waals surface area contributed by atoms with Gasteiger partial charge in [-0.3, -0.25) is 10.1 Å². The van der Waals surface area contributed by atoms with Crippen LogP contribution in [-0.2, 0) is 14.3 Å². The van der Waals surface area contributed by atoms with E-state index in [2.05, 4.69) is 10.6 Å². The number of hydrogen-bond acceptors (Lipinski definition) is 5. The van der Waals surface area contributed by atoms with Gasteiger partial charge in [0.2, 0.25) is 0 Å². The Morgan fingerprint density at radius 2 is 1.82 bits per heavy atom. The first-order valence-electron chi connectivity index (χ1n) is 9.71. The summed E-state index contributed by atoms with van der Waals surface area (Å²) in [4.78, 5) is 35.8. The molecule has 3 amide bonds. The minimum atomic E-state index is -1.07. The van der Waals surface area contributed by atoms with Gasteiger partial charge in [-0.2, -0.15) is 0 Å². The summed E-state index contributed by atoms with van der Waals surface area (Å²) < 4.78 is 10.4. The van der Waals surface area contributed by atoms with Crippen molar-refractivity contribution in [2.24, 2.45) is 0 Å². The normalized spacial score (nSPS) is 15.6. The number of imide groups is 1. The van der Waals surface area contributed by atoms with Gasteiger partial charge in [-0.25, -0.2) is 9.59 Å². The molecular weight excluding hydrogens is 360 g/mol. The van der Waals surface area contributed by atoms with Crippen molar-refractivity contribution in [3.05, 3.63) is 35.9 Å². The standard InChI is InChI=1S/C21H28N2O5/c1-3-27-18-12-9-16(10-13-18)11-14-19(24)28-15(2)20(25)23-21(26)22-17-7-5-4-6-8-17/h9-15,17H,3-8H2,1-2H3,(H2,22,23,25,26)/b14-11+/t15-/m1/s1. The lowest BCUT2D eigenvalue weighted by Crippen LogP contribution is -2.48. The first kappa shape index (κ1) is 21.5. The van der Waals surface area contributed by atoms with Crippen molar-refractivity contribution in [3.63, 3.8) is 0 Å². The number of carbonyl (C=O) groups excluding carboxylic acids is 3. The van der Waals surface area contributed by atoms with Crippen LogP contribution >= 0.6 is 0 Å². The van der Waals surface area contributed by atoms with Gasteiger partial charge in [0.05, 0.1) is 6.61 Å². The SMILES string of the molecule is CCOc1ccc(/C=C/C(=O)O[C@H](C)C(=O)NC(=O)NC2CCCCC2)cc1. The second-order valence-corrected chi connectivity index (χ2v) is 6.71. The van der Waals surface area contributed by atoms with E-state index in [4.69, 9.17) is 9.47 Å². The zero-order valence-electron chi connectivity index (χ0n) is 16.4. The highest BCUT2D eigenvalue weighted by Gasteiger charge is 2.21. The molecule has 1 fully saturated rings. The Morgan fingerprint density at radius 3 is 2.46 bits per heavy atom. The van der Waals surface area contributed by atoms with Crippen LogP contribution < -0.4 is 15.4 Å².